The number of nitrogens with zero attached hydrogens (tertiary/aromatic N) is 8. The fourth-order valence-corrected chi connectivity index (χ4v) is 12.7. The zero-order chi connectivity index (χ0) is 65.3. The third-order valence-corrected chi connectivity index (χ3v) is 18.0. The number of anilines is 4. The average molecular weight is 1350 g/mol. The number of rotatable bonds is 14. The summed E-state index contributed by atoms with van der Waals surface area (Å²) in [5.41, 5.74) is 31.3. The number of fused-ring (bicyclic) bond motifs is 4. The van der Waals surface area contributed by atoms with Gasteiger partial charge in [-0.25, -0.2) is 16.8 Å². The summed E-state index contributed by atoms with van der Waals surface area (Å²) in [4.78, 5) is -1.47. The van der Waals surface area contributed by atoms with Gasteiger partial charge in [0.25, 0.3) is 20.2 Å². The molecule has 0 aliphatic heterocycles. The van der Waals surface area contributed by atoms with Crippen LogP contribution < -0.4 is 82.0 Å². The maximum absolute atomic E-state index is 12.0. The molecule has 24 nitrogen and oxygen atoms in total. The van der Waals surface area contributed by atoms with Gasteiger partial charge in [0.05, 0.1) is 55.3 Å². The van der Waals surface area contributed by atoms with Crippen LogP contribution >= 0.6 is 0 Å². The van der Waals surface area contributed by atoms with Crippen LogP contribution in [0, 0.1) is 0 Å². The normalized spacial score (nSPS) is 12.2. The molecule has 0 saturated heterocycles. The van der Waals surface area contributed by atoms with Crippen molar-refractivity contribution in [3.8, 4) is 22.3 Å². The van der Waals surface area contributed by atoms with Crippen LogP contribution in [0.1, 0.15) is 0 Å². The molecule has 0 radical (unpaired) electrons. The molecule has 0 amide bonds. The van der Waals surface area contributed by atoms with Gasteiger partial charge < -0.3 is 32.0 Å². The Hall–Kier alpha value is -9.08. The maximum Gasteiger partial charge on any atom is 1.00 e. The van der Waals surface area contributed by atoms with E-state index in [4.69, 9.17) is 22.9 Å². The molecule has 0 aliphatic rings. The van der Waals surface area contributed by atoms with Crippen LogP contribution in [0.15, 0.2) is 279 Å². The van der Waals surface area contributed by atoms with Gasteiger partial charge >= 0.3 is 59.1 Å². The van der Waals surface area contributed by atoms with Gasteiger partial charge in [-0.15, -0.1) is 20.5 Å². The van der Waals surface area contributed by atoms with Crippen molar-refractivity contribution >= 4 is 152 Å². The summed E-state index contributed by atoms with van der Waals surface area (Å²) < 4.78 is 139. The molecular formula is C64H46N12Na2O12S4. The van der Waals surface area contributed by atoms with Gasteiger partial charge in [-0.2, -0.15) is 37.3 Å². The molecule has 94 heavy (non-hydrogen) atoms. The Kier molecular flexibility index (Phi) is 20.8. The quantitative estimate of drug-likeness (QED) is 0.0255. The molecule has 0 unspecified atom stereocenters. The third-order valence-electron chi connectivity index (χ3n) is 14.4. The second-order valence-electron chi connectivity index (χ2n) is 20.3. The fourth-order valence-electron chi connectivity index (χ4n) is 9.90. The molecule has 0 atom stereocenters. The number of benzene rings is 12. The molecule has 10 N–H and O–H groups in total. The third kappa shape index (κ3) is 15.3. The van der Waals surface area contributed by atoms with E-state index in [1.165, 1.54) is 24.3 Å². The van der Waals surface area contributed by atoms with Crippen LogP contribution in [0.2, 0.25) is 0 Å². The Morgan fingerprint density at radius 3 is 0.638 bits per heavy atom. The summed E-state index contributed by atoms with van der Waals surface area (Å²) in [6, 6.07) is 58.7. The van der Waals surface area contributed by atoms with Crippen LogP contribution in [0.4, 0.5) is 68.2 Å². The van der Waals surface area contributed by atoms with Crippen molar-refractivity contribution in [1.82, 2.24) is 0 Å². The Bertz CT molecular complexity index is 4870. The number of hydrogen-bond donors (Lipinski definition) is 6. The summed E-state index contributed by atoms with van der Waals surface area (Å²) in [5, 5.41) is 35.9. The molecule has 12 aromatic carbocycles. The Morgan fingerprint density at radius 1 is 0.266 bits per heavy atom. The molecule has 0 fully saturated rings. The van der Waals surface area contributed by atoms with Crippen LogP contribution in [0.25, 0.3) is 65.3 Å². The van der Waals surface area contributed by atoms with E-state index < -0.39 is 50.3 Å². The van der Waals surface area contributed by atoms with E-state index in [0.29, 0.717) is 44.3 Å². The predicted octanol–water partition coefficient (Wildman–Crippen LogP) is 9.62. The molecule has 0 heterocycles. The Morgan fingerprint density at radius 2 is 0.447 bits per heavy atom. The van der Waals surface area contributed by atoms with Crippen LogP contribution in [-0.2, 0) is 40.5 Å². The van der Waals surface area contributed by atoms with E-state index in [0.717, 1.165) is 34.4 Å². The van der Waals surface area contributed by atoms with Crippen molar-refractivity contribution in [2.45, 2.75) is 19.6 Å². The second kappa shape index (κ2) is 28.2. The summed E-state index contributed by atoms with van der Waals surface area (Å²) in [6.45, 7) is 0. The minimum Gasteiger partial charge on any atom is -0.744 e. The fraction of sp³-hybridized carbons (Fsp3) is 0. The van der Waals surface area contributed by atoms with Crippen LogP contribution in [-0.4, -0.2) is 51.9 Å². The predicted molar refractivity (Wildman–Crippen MR) is 349 cm³/mol. The first-order valence-corrected chi connectivity index (χ1v) is 32.7. The van der Waals surface area contributed by atoms with Crippen molar-refractivity contribution in [1.29, 1.82) is 0 Å². The zero-order valence-corrected chi connectivity index (χ0v) is 56.5. The zero-order valence-electron chi connectivity index (χ0n) is 49.3. The molecule has 460 valence electrons. The first kappa shape index (κ1) is 69.3. The van der Waals surface area contributed by atoms with Crippen molar-refractivity contribution in [2.75, 3.05) is 22.9 Å². The van der Waals surface area contributed by atoms with Crippen LogP contribution in [0.3, 0.4) is 0 Å². The van der Waals surface area contributed by atoms with E-state index in [1.807, 2.05) is 48.5 Å². The number of nitrogen functional groups attached to an aromatic ring is 4. The van der Waals surface area contributed by atoms with Gasteiger partial charge in [-0.05, 0) is 95.1 Å². The van der Waals surface area contributed by atoms with Gasteiger partial charge in [0.1, 0.15) is 52.8 Å². The summed E-state index contributed by atoms with van der Waals surface area (Å²) in [6.07, 6.45) is 0. The van der Waals surface area contributed by atoms with Crippen molar-refractivity contribution in [3.05, 3.63) is 218 Å². The molecule has 0 bridgehead atoms. The number of azo groups is 4. The van der Waals surface area contributed by atoms with Gasteiger partial charge in [0, 0.05) is 43.1 Å². The maximum atomic E-state index is 12.0. The molecule has 0 aromatic heterocycles. The molecule has 30 heteroatoms. The standard InChI is InChI=1S/2C32H24N6O6S2.2Na/c2*33-31-25-7-3-1-5-23(25)29(45(39,40)41)17-27(31)37-35-21-13-9-19(10-14-21)20-11-15-22(16-12-20)36-38-28-18-30(46(42,43)44)24-6-2-4-8-26(24)32(28)34;;/h2*1-18H,33-34H2,(H,39,40,41)(H,42,43,44);;/q;;2*+1/p-2. The van der Waals surface area contributed by atoms with Crippen molar-refractivity contribution in [3.63, 3.8) is 0 Å². The summed E-state index contributed by atoms with van der Waals surface area (Å²) in [7, 11) is -18.6. The van der Waals surface area contributed by atoms with Gasteiger partial charge in [-0.1, -0.05) is 146 Å². The minimum atomic E-state index is -4.78. The minimum absolute atomic E-state index is 0. The largest absolute Gasteiger partial charge is 1.00 e. The van der Waals surface area contributed by atoms with E-state index in [-0.39, 0.29) is 136 Å². The number of nitrogens with two attached hydrogens (primary N) is 4. The van der Waals surface area contributed by atoms with Crippen molar-refractivity contribution in [2.24, 2.45) is 40.9 Å². The van der Waals surface area contributed by atoms with Gasteiger partial charge in [0.15, 0.2) is 0 Å². The van der Waals surface area contributed by atoms with Crippen molar-refractivity contribution < 1.29 is 111 Å². The smallest absolute Gasteiger partial charge is 0.744 e. The second-order valence-corrected chi connectivity index (χ2v) is 25.7. The molecular weight excluding hydrogens is 1300 g/mol. The van der Waals surface area contributed by atoms with E-state index in [9.17, 15) is 51.9 Å². The Balaban J connectivity index is 0.000000217. The average Bonchev–Trinajstić information content (AvgIpc) is 0.796. The van der Waals surface area contributed by atoms with E-state index in [2.05, 4.69) is 40.9 Å². The molecule has 0 spiro atoms. The molecule has 12 aromatic rings. The van der Waals surface area contributed by atoms with E-state index >= 15 is 0 Å². The van der Waals surface area contributed by atoms with Crippen LogP contribution in [0.5, 0.6) is 0 Å². The van der Waals surface area contributed by atoms with Gasteiger partial charge in [-0.3, -0.25) is 9.11 Å². The molecule has 0 saturated carbocycles. The first-order valence-electron chi connectivity index (χ1n) is 27.0. The monoisotopic (exact) mass is 1350 g/mol. The topological polar surface area (TPSA) is 426 Å². The Labute approximate surface area is 581 Å². The molecule has 0 aliphatic carbocycles. The molecule has 12 rings (SSSR count). The SMILES string of the molecule is Nc1c(N=Nc2ccc(-c3ccc(N=Nc4cc(S(=O)(=O)O)c5ccccc5c4N)cc3)cc2)cc(S(=O)(=O)[O-])c2ccccc12.Nc1c(N=Nc2ccc(-c3ccc(N=Nc4cc(S(=O)(=O)O)c5ccccc5c4N)cc3)cc2)cc(S(=O)(=O)[O-])c2ccccc12.[Na+].[Na+]. The summed E-state index contributed by atoms with van der Waals surface area (Å²) in [5.74, 6) is 0. The number of hydrogen-bond acceptors (Lipinski definition) is 22. The first-order chi connectivity index (χ1) is 43.8. The van der Waals surface area contributed by atoms with Gasteiger partial charge in [0.2, 0.25) is 0 Å². The summed E-state index contributed by atoms with van der Waals surface area (Å²) >= 11 is 0. The van der Waals surface area contributed by atoms with E-state index in [1.54, 1.807) is 133 Å².